The number of amides is 1. The molecule has 0 radical (unpaired) electrons. The molecule has 0 saturated carbocycles. The van der Waals surface area contributed by atoms with Crippen molar-refractivity contribution in [3.8, 4) is 0 Å². The van der Waals surface area contributed by atoms with Crippen molar-refractivity contribution in [2.75, 3.05) is 13.1 Å². The minimum absolute atomic E-state index is 0.167. The van der Waals surface area contributed by atoms with E-state index in [0.29, 0.717) is 25.6 Å². The second kappa shape index (κ2) is 7.27. The van der Waals surface area contributed by atoms with Gasteiger partial charge in [-0.05, 0) is 42.0 Å². The highest BCUT2D eigenvalue weighted by Crippen LogP contribution is 2.29. The van der Waals surface area contributed by atoms with E-state index in [0.717, 1.165) is 30.5 Å². The van der Waals surface area contributed by atoms with Gasteiger partial charge < -0.3 is 10.6 Å². The highest BCUT2D eigenvalue weighted by molar-refractivity contribution is 5.94. The van der Waals surface area contributed by atoms with Crippen LogP contribution in [0, 0.1) is 17.5 Å². The summed E-state index contributed by atoms with van der Waals surface area (Å²) < 4.78 is 39.7. The molecule has 3 rings (SSSR count). The molecule has 1 aliphatic rings. The standard InChI is InChI=1S/C19H19F3N2O/c20-16-9-15(10-17(21)18(16)22)19(25)24-6-4-13(5-7-24)14-3-1-2-12(8-14)11-23/h1-3,8-10,13H,4-7,11,23H2. The van der Waals surface area contributed by atoms with Crippen molar-refractivity contribution < 1.29 is 18.0 Å². The molecular formula is C19H19F3N2O. The first kappa shape index (κ1) is 17.5. The Morgan fingerprint density at radius 1 is 1.08 bits per heavy atom. The molecule has 0 bridgehead atoms. The summed E-state index contributed by atoms with van der Waals surface area (Å²) in [5, 5.41) is 0. The second-order valence-corrected chi connectivity index (χ2v) is 6.27. The number of carbonyl (C=O) groups excluding carboxylic acids is 1. The molecule has 132 valence electrons. The fraction of sp³-hybridized carbons (Fsp3) is 0.316. The molecule has 0 unspecified atom stereocenters. The second-order valence-electron chi connectivity index (χ2n) is 6.27. The van der Waals surface area contributed by atoms with Gasteiger partial charge in [-0.2, -0.15) is 0 Å². The molecule has 3 nitrogen and oxygen atoms in total. The average Bonchev–Trinajstić information content (AvgIpc) is 2.65. The monoisotopic (exact) mass is 348 g/mol. The number of benzene rings is 2. The number of nitrogens with two attached hydrogens (primary N) is 1. The molecule has 1 saturated heterocycles. The van der Waals surface area contributed by atoms with Crippen LogP contribution in [0.25, 0.3) is 0 Å². The van der Waals surface area contributed by atoms with Gasteiger partial charge in [-0.3, -0.25) is 4.79 Å². The summed E-state index contributed by atoms with van der Waals surface area (Å²) in [6.45, 7) is 1.45. The van der Waals surface area contributed by atoms with E-state index >= 15 is 0 Å². The molecule has 25 heavy (non-hydrogen) atoms. The van der Waals surface area contributed by atoms with Crippen molar-refractivity contribution in [1.82, 2.24) is 4.90 Å². The number of halogens is 3. The molecule has 2 N–H and O–H groups in total. The average molecular weight is 348 g/mol. The van der Waals surface area contributed by atoms with E-state index in [2.05, 4.69) is 6.07 Å². The number of piperidine rings is 1. The molecule has 0 aliphatic carbocycles. The van der Waals surface area contributed by atoms with Crippen LogP contribution in [0.4, 0.5) is 13.2 Å². The van der Waals surface area contributed by atoms with E-state index in [1.807, 2.05) is 18.2 Å². The van der Waals surface area contributed by atoms with Crippen LogP contribution in [-0.4, -0.2) is 23.9 Å². The molecule has 1 fully saturated rings. The topological polar surface area (TPSA) is 46.3 Å². The molecule has 1 amide bonds. The van der Waals surface area contributed by atoms with E-state index in [-0.39, 0.29) is 5.56 Å². The Labute approximate surface area is 144 Å². The summed E-state index contributed by atoms with van der Waals surface area (Å²) in [7, 11) is 0. The van der Waals surface area contributed by atoms with Crippen molar-refractivity contribution in [1.29, 1.82) is 0 Å². The van der Waals surface area contributed by atoms with Gasteiger partial charge in [-0.15, -0.1) is 0 Å². The van der Waals surface area contributed by atoms with Crippen LogP contribution < -0.4 is 5.73 Å². The maximum absolute atomic E-state index is 13.3. The van der Waals surface area contributed by atoms with Crippen molar-refractivity contribution >= 4 is 5.91 Å². The van der Waals surface area contributed by atoms with E-state index in [4.69, 9.17) is 5.73 Å². The van der Waals surface area contributed by atoms with Gasteiger partial charge in [-0.25, -0.2) is 13.2 Å². The van der Waals surface area contributed by atoms with Gasteiger partial charge >= 0.3 is 0 Å². The summed E-state index contributed by atoms with van der Waals surface area (Å²) >= 11 is 0. The zero-order valence-corrected chi connectivity index (χ0v) is 13.6. The molecular weight excluding hydrogens is 329 g/mol. The third-order valence-electron chi connectivity index (χ3n) is 4.67. The van der Waals surface area contributed by atoms with E-state index in [1.54, 1.807) is 4.90 Å². The molecule has 0 aromatic heterocycles. The summed E-state index contributed by atoms with van der Waals surface area (Å²) in [6, 6.07) is 9.56. The van der Waals surface area contributed by atoms with Crippen LogP contribution in [0.5, 0.6) is 0 Å². The van der Waals surface area contributed by atoms with Crippen LogP contribution in [0.1, 0.15) is 40.2 Å². The van der Waals surface area contributed by atoms with Gasteiger partial charge in [0.2, 0.25) is 0 Å². The first-order valence-electron chi connectivity index (χ1n) is 8.22. The zero-order valence-electron chi connectivity index (χ0n) is 13.6. The smallest absolute Gasteiger partial charge is 0.254 e. The van der Waals surface area contributed by atoms with Crippen molar-refractivity contribution in [2.45, 2.75) is 25.3 Å². The quantitative estimate of drug-likeness (QED) is 0.862. The molecule has 0 spiro atoms. The van der Waals surface area contributed by atoms with Gasteiger partial charge in [0.15, 0.2) is 17.5 Å². The fourth-order valence-electron chi connectivity index (χ4n) is 3.25. The summed E-state index contributed by atoms with van der Waals surface area (Å²) in [6.07, 6.45) is 1.51. The predicted molar refractivity (Wildman–Crippen MR) is 88.5 cm³/mol. The number of hydrogen-bond acceptors (Lipinski definition) is 2. The Morgan fingerprint density at radius 2 is 1.72 bits per heavy atom. The van der Waals surface area contributed by atoms with Crippen LogP contribution in [0.3, 0.4) is 0 Å². The maximum atomic E-state index is 13.3. The zero-order chi connectivity index (χ0) is 18.0. The Morgan fingerprint density at radius 3 is 2.32 bits per heavy atom. The van der Waals surface area contributed by atoms with Gasteiger partial charge in [0.05, 0.1) is 0 Å². The van der Waals surface area contributed by atoms with Crippen molar-refractivity contribution in [3.05, 3.63) is 70.5 Å². The fourth-order valence-corrected chi connectivity index (χ4v) is 3.25. The Bertz CT molecular complexity index is 763. The third kappa shape index (κ3) is 3.69. The summed E-state index contributed by atoms with van der Waals surface area (Å²) in [4.78, 5) is 14.0. The number of rotatable bonds is 3. The van der Waals surface area contributed by atoms with Crippen LogP contribution in [-0.2, 0) is 6.54 Å². The molecule has 1 aliphatic heterocycles. The Kier molecular flexibility index (Phi) is 5.08. The summed E-state index contributed by atoms with van der Waals surface area (Å²) in [5.74, 6) is -4.42. The SMILES string of the molecule is NCc1cccc(C2CCN(C(=O)c3cc(F)c(F)c(F)c3)CC2)c1. The maximum Gasteiger partial charge on any atom is 0.254 e. The van der Waals surface area contributed by atoms with Crippen molar-refractivity contribution in [3.63, 3.8) is 0 Å². The molecule has 1 heterocycles. The molecule has 2 aromatic rings. The lowest BCUT2D eigenvalue weighted by atomic mass is 9.88. The highest BCUT2D eigenvalue weighted by Gasteiger charge is 2.26. The highest BCUT2D eigenvalue weighted by atomic mass is 19.2. The van der Waals surface area contributed by atoms with E-state index in [1.165, 1.54) is 5.56 Å². The largest absolute Gasteiger partial charge is 0.339 e. The first-order chi connectivity index (χ1) is 12.0. The predicted octanol–water partition coefficient (Wildman–Crippen LogP) is 3.58. The number of nitrogens with zero attached hydrogens (tertiary/aromatic N) is 1. The van der Waals surface area contributed by atoms with Crippen LogP contribution in [0.2, 0.25) is 0 Å². The lowest BCUT2D eigenvalue weighted by molar-refractivity contribution is 0.0711. The minimum atomic E-state index is -1.56. The van der Waals surface area contributed by atoms with Crippen LogP contribution >= 0.6 is 0 Å². The Hall–Kier alpha value is -2.34. The van der Waals surface area contributed by atoms with E-state index in [9.17, 15) is 18.0 Å². The van der Waals surface area contributed by atoms with Gasteiger partial charge in [-0.1, -0.05) is 24.3 Å². The summed E-state index contributed by atoms with van der Waals surface area (Å²) in [5.41, 5.74) is 7.75. The van der Waals surface area contributed by atoms with Gasteiger partial charge in [0, 0.05) is 25.2 Å². The third-order valence-corrected chi connectivity index (χ3v) is 4.67. The lowest BCUT2D eigenvalue weighted by Gasteiger charge is -2.32. The lowest BCUT2D eigenvalue weighted by Crippen LogP contribution is -2.38. The number of hydrogen-bond donors (Lipinski definition) is 1. The number of likely N-dealkylation sites (tertiary alicyclic amines) is 1. The van der Waals surface area contributed by atoms with Crippen molar-refractivity contribution in [2.24, 2.45) is 5.73 Å². The van der Waals surface area contributed by atoms with Gasteiger partial charge in [0.25, 0.3) is 5.91 Å². The Balaban J connectivity index is 1.68. The molecule has 2 aromatic carbocycles. The van der Waals surface area contributed by atoms with Crippen LogP contribution in [0.15, 0.2) is 36.4 Å². The van der Waals surface area contributed by atoms with Gasteiger partial charge in [0.1, 0.15) is 0 Å². The normalized spacial score (nSPS) is 15.4. The molecule has 0 atom stereocenters. The first-order valence-corrected chi connectivity index (χ1v) is 8.22. The minimum Gasteiger partial charge on any atom is -0.339 e. The number of carbonyl (C=O) groups is 1. The molecule has 6 heteroatoms. The van der Waals surface area contributed by atoms with E-state index < -0.39 is 23.4 Å².